The van der Waals surface area contributed by atoms with Gasteiger partial charge in [0.1, 0.15) is 0 Å². The summed E-state index contributed by atoms with van der Waals surface area (Å²) in [5, 5.41) is 17.5. The van der Waals surface area contributed by atoms with Crippen LogP contribution in [0.4, 0.5) is 4.79 Å². The van der Waals surface area contributed by atoms with Gasteiger partial charge in [-0.3, -0.25) is 0 Å². The van der Waals surface area contributed by atoms with E-state index in [1.807, 2.05) is 0 Å². The lowest BCUT2D eigenvalue weighted by atomic mass is 9.85. The van der Waals surface area contributed by atoms with Crippen molar-refractivity contribution in [2.75, 3.05) is 19.7 Å². The Bertz CT molecular complexity index is 184. The van der Waals surface area contributed by atoms with Crippen molar-refractivity contribution in [3.63, 3.8) is 0 Å². The molecule has 4 nitrogen and oxygen atoms in total. The van der Waals surface area contributed by atoms with Gasteiger partial charge in [-0.25, -0.2) is 4.79 Å². The van der Waals surface area contributed by atoms with E-state index in [-0.39, 0.29) is 6.61 Å². The van der Waals surface area contributed by atoms with E-state index in [0.717, 1.165) is 12.8 Å². The molecule has 4 heteroatoms. The summed E-state index contributed by atoms with van der Waals surface area (Å²) in [5.74, 6) is 0.859. The van der Waals surface area contributed by atoms with Crippen molar-refractivity contribution < 1.29 is 15.0 Å². The average Bonchev–Trinajstić information content (AvgIpc) is 2.08. The molecule has 1 fully saturated rings. The van der Waals surface area contributed by atoms with Crippen LogP contribution in [0, 0.1) is 11.8 Å². The second-order valence-electron chi connectivity index (χ2n) is 3.77. The van der Waals surface area contributed by atoms with Gasteiger partial charge >= 0.3 is 6.09 Å². The predicted molar refractivity (Wildman–Crippen MR) is 48.6 cm³/mol. The molecule has 1 amide bonds. The first-order valence-electron chi connectivity index (χ1n) is 4.74. The van der Waals surface area contributed by atoms with Gasteiger partial charge in [-0.2, -0.15) is 0 Å². The van der Waals surface area contributed by atoms with Crippen LogP contribution >= 0.6 is 0 Å². The van der Waals surface area contributed by atoms with Crippen molar-refractivity contribution in [1.82, 2.24) is 4.90 Å². The number of aliphatic hydroxyl groups excluding tert-OH is 1. The molecule has 0 radical (unpaired) electrons. The van der Waals surface area contributed by atoms with Crippen LogP contribution in [0.2, 0.25) is 0 Å². The Morgan fingerprint density at radius 2 is 2.31 bits per heavy atom. The zero-order chi connectivity index (χ0) is 9.84. The first-order chi connectivity index (χ1) is 6.15. The molecule has 76 valence electrons. The first-order valence-corrected chi connectivity index (χ1v) is 4.74. The van der Waals surface area contributed by atoms with Crippen LogP contribution in [0.1, 0.15) is 19.8 Å². The molecule has 0 aliphatic carbocycles. The standard InChI is InChI=1S/C9H17NO3/c1-7-6-10(9(12)13)4-2-8(7)3-5-11/h7-8,11H,2-6H2,1H3,(H,12,13)/t7-,8-/m1/s1. The van der Waals surface area contributed by atoms with Crippen LogP contribution in [0.5, 0.6) is 0 Å². The molecule has 0 saturated carbocycles. The van der Waals surface area contributed by atoms with Crippen LogP contribution in [-0.4, -0.2) is 40.9 Å². The minimum atomic E-state index is -0.825. The highest BCUT2D eigenvalue weighted by Gasteiger charge is 2.27. The summed E-state index contributed by atoms with van der Waals surface area (Å²) in [7, 11) is 0. The van der Waals surface area contributed by atoms with Crippen LogP contribution in [0.3, 0.4) is 0 Å². The number of piperidine rings is 1. The maximum absolute atomic E-state index is 10.6. The molecule has 1 heterocycles. The summed E-state index contributed by atoms with van der Waals surface area (Å²) in [6, 6.07) is 0. The maximum atomic E-state index is 10.6. The minimum absolute atomic E-state index is 0.210. The Morgan fingerprint density at radius 3 is 2.77 bits per heavy atom. The van der Waals surface area contributed by atoms with Crippen molar-refractivity contribution in [2.24, 2.45) is 11.8 Å². The Kier molecular flexibility index (Phi) is 3.54. The second-order valence-corrected chi connectivity index (χ2v) is 3.77. The number of carbonyl (C=O) groups is 1. The van der Waals surface area contributed by atoms with E-state index in [2.05, 4.69) is 6.92 Å². The number of likely N-dealkylation sites (tertiary alicyclic amines) is 1. The second kappa shape index (κ2) is 4.46. The Hall–Kier alpha value is -0.770. The molecule has 0 spiro atoms. The molecule has 13 heavy (non-hydrogen) atoms. The van der Waals surface area contributed by atoms with E-state index in [9.17, 15) is 4.79 Å². The molecular formula is C9H17NO3. The highest BCUT2D eigenvalue weighted by molar-refractivity contribution is 5.65. The van der Waals surface area contributed by atoms with Gasteiger partial charge in [0.05, 0.1) is 0 Å². The quantitative estimate of drug-likeness (QED) is 0.678. The molecule has 2 atom stereocenters. The van der Waals surface area contributed by atoms with Crippen molar-refractivity contribution >= 4 is 6.09 Å². The molecular weight excluding hydrogens is 170 g/mol. The van der Waals surface area contributed by atoms with Crippen LogP contribution < -0.4 is 0 Å². The molecule has 0 aromatic carbocycles. The summed E-state index contributed by atoms with van der Waals surface area (Å²) >= 11 is 0. The molecule has 1 saturated heterocycles. The number of nitrogens with zero attached hydrogens (tertiary/aromatic N) is 1. The molecule has 0 aromatic heterocycles. The SMILES string of the molecule is C[C@@H]1CN(C(=O)O)CC[C@@H]1CCO. The molecule has 2 N–H and O–H groups in total. The van der Waals surface area contributed by atoms with Gasteiger partial charge in [0.15, 0.2) is 0 Å². The van der Waals surface area contributed by atoms with Gasteiger partial charge in [0.2, 0.25) is 0 Å². The number of rotatable bonds is 2. The number of hydrogen-bond acceptors (Lipinski definition) is 2. The number of aliphatic hydroxyl groups is 1. The summed E-state index contributed by atoms with van der Waals surface area (Å²) in [6.07, 6.45) is 0.858. The number of amides is 1. The molecule has 1 aliphatic heterocycles. The zero-order valence-electron chi connectivity index (χ0n) is 7.94. The van der Waals surface area contributed by atoms with Crippen LogP contribution in [0.25, 0.3) is 0 Å². The van der Waals surface area contributed by atoms with Gasteiger partial charge in [-0.1, -0.05) is 6.92 Å². The fourth-order valence-electron chi connectivity index (χ4n) is 1.96. The third-order valence-electron chi connectivity index (χ3n) is 2.85. The fraction of sp³-hybridized carbons (Fsp3) is 0.889. The van der Waals surface area contributed by atoms with Crippen LogP contribution in [0.15, 0.2) is 0 Å². The largest absolute Gasteiger partial charge is 0.465 e. The van der Waals surface area contributed by atoms with E-state index < -0.39 is 6.09 Å². The van der Waals surface area contributed by atoms with Gasteiger partial charge < -0.3 is 15.1 Å². The highest BCUT2D eigenvalue weighted by atomic mass is 16.4. The molecule has 1 rings (SSSR count). The molecule has 1 aliphatic rings. The van der Waals surface area contributed by atoms with Crippen molar-refractivity contribution in [3.8, 4) is 0 Å². The van der Waals surface area contributed by atoms with Gasteiger partial charge in [-0.15, -0.1) is 0 Å². The summed E-state index contributed by atoms with van der Waals surface area (Å²) in [5.41, 5.74) is 0. The van der Waals surface area contributed by atoms with Crippen molar-refractivity contribution in [2.45, 2.75) is 19.8 Å². The zero-order valence-corrected chi connectivity index (χ0v) is 7.94. The van der Waals surface area contributed by atoms with Crippen molar-refractivity contribution in [3.05, 3.63) is 0 Å². The van der Waals surface area contributed by atoms with Gasteiger partial charge in [0.25, 0.3) is 0 Å². The molecule has 0 bridgehead atoms. The van der Waals surface area contributed by atoms with E-state index in [0.29, 0.717) is 24.9 Å². The van der Waals surface area contributed by atoms with Crippen molar-refractivity contribution in [1.29, 1.82) is 0 Å². The third-order valence-corrected chi connectivity index (χ3v) is 2.85. The third kappa shape index (κ3) is 2.59. The number of hydrogen-bond donors (Lipinski definition) is 2. The smallest absolute Gasteiger partial charge is 0.407 e. The summed E-state index contributed by atoms with van der Waals surface area (Å²) in [4.78, 5) is 12.1. The Balaban J connectivity index is 2.41. The van der Waals surface area contributed by atoms with E-state index in [1.165, 1.54) is 4.90 Å². The lowest BCUT2D eigenvalue weighted by molar-refractivity contribution is 0.0921. The Labute approximate surface area is 78.2 Å². The monoisotopic (exact) mass is 187 g/mol. The van der Waals surface area contributed by atoms with Crippen LogP contribution in [-0.2, 0) is 0 Å². The molecule has 0 unspecified atom stereocenters. The lowest BCUT2D eigenvalue weighted by Crippen LogP contribution is -2.42. The number of carboxylic acid groups (broad SMARTS) is 1. The van der Waals surface area contributed by atoms with E-state index in [4.69, 9.17) is 10.2 Å². The average molecular weight is 187 g/mol. The van der Waals surface area contributed by atoms with E-state index >= 15 is 0 Å². The fourth-order valence-corrected chi connectivity index (χ4v) is 1.96. The predicted octanol–water partition coefficient (Wildman–Crippen LogP) is 1.00. The van der Waals surface area contributed by atoms with Gasteiger partial charge in [0, 0.05) is 19.7 Å². The Morgan fingerprint density at radius 1 is 1.62 bits per heavy atom. The minimum Gasteiger partial charge on any atom is -0.465 e. The van der Waals surface area contributed by atoms with E-state index in [1.54, 1.807) is 0 Å². The molecule has 0 aromatic rings. The van der Waals surface area contributed by atoms with Gasteiger partial charge in [-0.05, 0) is 24.7 Å². The normalized spacial score (nSPS) is 28.9. The maximum Gasteiger partial charge on any atom is 0.407 e. The topological polar surface area (TPSA) is 60.8 Å². The first kappa shape index (κ1) is 10.3. The summed E-state index contributed by atoms with van der Waals surface area (Å²) in [6.45, 7) is 3.49. The summed E-state index contributed by atoms with van der Waals surface area (Å²) < 4.78 is 0. The lowest BCUT2D eigenvalue weighted by Gasteiger charge is -2.35. The highest BCUT2D eigenvalue weighted by Crippen LogP contribution is 2.25.